The number of aliphatic hydroxyl groups is 1. The van der Waals surface area contributed by atoms with Gasteiger partial charge in [-0.25, -0.2) is 4.39 Å². The van der Waals surface area contributed by atoms with Crippen LogP contribution in [0.3, 0.4) is 0 Å². The second-order valence-corrected chi connectivity index (χ2v) is 4.28. The first-order valence-electron chi connectivity index (χ1n) is 5.96. The topological polar surface area (TPSA) is 75.4 Å². The molecule has 0 unspecified atom stereocenters. The maximum Gasteiger partial charge on any atom is 0.274 e. The van der Waals surface area contributed by atoms with Gasteiger partial charge in [-0.1, -0.05) is 24.3 Å². The maximum absolute atomic E-state index is 13.2. The van der Waals surface area contributed by atoms with Crippen LogP contribution >= 0.6 is 0 Å². The Bertz CT molecular complexity index is 614. The van der Waals surface area contributed by atoms with E-state index in [-0.39, 0.29) is 12.3 Å². The lowest BCUT2D eigenvalue weighted by molar-refractivity contribution is -0.385. The normalized spacial score (nSPS) is 10.3. The van der Waals surface area contributed by atoms with Crippen LogP contribution in [-0.2, 0) is 13.2 Å². The number of nitro benzene ring substituents is 1. The standard InChI is InChI=1S/C14H13FN2O3/c15-12-5-13(7-14(6-12)17(19)20)16-8-10-1-3-11(9-18)4-2-10/h1-7,16,18H,8-9H2. The highest BCUT2D eigenvalue weighted by Gasteiger charge is 2.09. The van der Waals surface area contributed by atoms with E-state index in [4.69, 9.17) is 5.11 Å². The molecule has 0 aliphatic carbocycles. The summed E-state index contributed by atoms with van der Waals surface area (Å²) >= 11 is 0. The van der Waals surface area contributed by atoms with Crippen LogP contribution in [0.15, 0.2) is 42.5 Å². The van der Waals surface area contributed by atoms with E-state index in [1.54, 1.807) is 12.1 Å². The summed E-state index contributed by atoms with van der Waals surface area (Å²) in [4.78, 5) is 10.0. The van der Waals surface area contributed by atoms with Gasteiger partial charge in [0.05, 0.1) is 17.6 Å². The number of nitro groups is 1. The Kier molecular flexibility index (Phi) is 4.27. The Morgan fingerprint density at radius 1 is 1.15 bits per heavy atom. The molecule has 0 atom stereocenters. The van der Waals surface area contributed by atoms with Crippen LogP contribution in [0.5, 0.6) is 0 Å². The third-order valence-electron chi connectivity index (χ3n) is 2.80. The molecular weight excluding hydrogens is 263 g/mol. The van der Waals surface area contributed by atoms with Crippen molar-refractivity contribution in [1.29, 1.82) is 0 Å². The van der Waals surface area contributed by atoms with Gasteiger partial charge in [0, 0.05) is 18.3 Å². The molecule has 0 aliphatic rings. The van der Waals surface area contributed by atoms with Gasteiger partial charge in [-0.15, -0.1) is 0 Å². The number of hydrogen-bond donors (Lipinski definition) is 2. The molecule has 0 saturated heterocycles. The molecule has 2 aromatic carbocycles. The number of hydrogen-bond acceptors (Lipinski definition) is 4. The van der Waals surface area contributed by atoms with Gasteiger partial charge in [-0.2, -0.15) is 0 Å². The second-order valence-electron chi connectivity index (χ2n) is 4.28. The number of nitrogens with one attached hydrogen (secondary N) is 1. The summed E-state index contributed by atoms with van der Waals surface area (Å²) in [5.74, 6) is -0.655. The maximum atomic E-state index is 13.2. The van der Waals surface area contributed by atoms with Crippen LogP contribution in [0.25, 0.3) is 0 Å². The van der Waals surface area contributed by atoms with Gasteiger partial charge < -0.3 is 10.4 Å². The highest BCUT2D eigenvalue weighted by Crippen LogP contribution is 2.20. The highest BCUT2D eigenvalue weighted by molar-refractivity contribution is 5.51. The predicted molar refractivity (Wildman–Crippen MR) is 72.7 cm³/mol. The predicted octanol–water partition coefficient (Wildman–Crippen LogP) is 2.84. The van der Waals surface area contributed by atoms with E-state index in [1.165, 1.54) is 12.1 Å². The molecule has 0 heterocycles. The molecule has 104 valence electrons. The Morgan fingerprint density at radius 2 is 1.80 bits per heavy atom. The Hall–Kier alpha value is -2.47. The Morgan fingerprint density at radius 3 is 2.40 bits per heavy atom. The minimum Gasteiger partial charge on any atom is -0.392 e. The zero-order chi connectivity index (χ0) is 14.5. The fourth-order valence-corrected chi connectivity index (χ4v) is 1.75. The summed E-state index contributed by atoms with van der Waals surface area (Å²) in [5, 5.41) is 22.5. The monoisotopic (exact) mass is 276 g/mol. The molecule has 0 saturated carbocycles. The summed E-state index contributed by atoms with van der Waals surface area (Å²) in [5.41, 5.74) is 1.79. The number of halogens is 1. The molecule has 2 aromatic rings. The lowest BCUT2D eigenvalue weighted by Gasteiger charge is -2.07. The van der Waals surface area contributed by atoms with Crippen LogP contribution in [0.2, 0.25) is 0 Å². The van der Waals surface area contributed by atoms with Crippen LogP contribution in [-0.4, -0.2) is 10.0 Å². The number of benzene rings is 2. The van der Waals surface area contributed by atoms with Gasteiger partial charge in [-0.05, 0) is 17.2 Å². The fraction of sp³-hybridized carbons (Fsp3) is 0.143. The van der Waals surface area contributed by atoms with Gasteiger partial charge in [0.1, 0.15) is 5.82 Å². The smallest absolute Gasteiger partial charge is 0.274 e. The summed E-state index contributed by atoms with van der Waals surface area (Å²) in [6.45, 7) is 0.385. The molecule has 0 fully saturated rings. The van der Waals surface area contributed by atoms with Crippen molar-refractivity contribution in [1.82, 2.24) is 0 Å². The minimum atomic E-state index is -0.655. The lowest BCUT2D eigenvalue weighted by atomic mass is 10.1. The molecule has 0 bridgehead atoms. The van der Waals surface area contributed by atoms with Gasteiger partial charge in [-0.3, -0.25) is 10.1 Å². The number of rotatable bonds is 5. The van der Waals surface area contributed by atoms with Gasteiger partial charge in [0.25, 0.3) is 5.69 Å². The van der Waals surface area contributed by atoms with Crippen molar-refractivity contribution in [2.24, 2.45) is 0 Å². The zero-order valence-corrected chi connectivity index (χ0v) is 10.5. The number of non-ortho nitro benzene ring substituents is 1. The van der Waals surface area contributed by atoms with E-state index in [9.17, 15) is 14.5 Å². The first kappa shape index (κ1) is 14.0. The average Bonchev–Trinajstić information content (AvgIpc) is 2.45. The molecule has 6 heteroatoms. The van der Waals surface area contributed by atoms with E-state index in [0.29, 0.717) is 12.2 Å². The van der Waals surface area contributed by atoms with Crippen molar-refractivity contribution in [3.8, 4) is 0 Å². The summed E-state index contributed by atoms with van der Waals surface area (Å²) in [6, 6.07) is 10.6. The molecule has 5 nitrogen and oxygen atoms in total. The number of anilines is 1. The molecule has 20 heavy (non-hydrogen) atoms. The average molecular weight is 276 g/mol. The van der Waals surface area contributed by atoms with Crippen molar-refractivity contribution < 1.29 is 14.4 Å². The molecule has 2 N–H and O–H groups in total. The summed E-state index contributed by atoms with van der Waals surface area (Å²) in [6.07, 6.45) is 0. The van der Waals surface area contributed by atoms with Crippen molar-refractivity contribution in [2.45, 2.75) is 13.2 Å². The van der Waals surface area contributed by atoms with E-state index >= 15 is 0 Å². The van der Waals surface area contributed by atoms with E-state index in [0.717, 1.165) is 17.2 Å². The lowest BCUT2D eigenvalue weighted by Crippen LogP contribution is -2.01. The molecular formula is C14H13FN2O3. The first-order valence-corrected chi connectivity index (χ1v) is 5.96. The van der Waals surface area contributed by atoms with Crippen molar-refractivity contribution >= 4 is 11.4 Å². The van der Waals surface area contributed by atoms with Gasteiger partial charge in [0.15, 0.2) is 0 Å². The Balaban J connectivity index is 2.08. The van der Waals surface area contributed by atoms with Crippen molar-refractivity contribution in [3.63, 3.8) is 0 Å². The van der Waals surface area contributed by atoms with E-state index in [1.807, 2.05) is 12.1 Å². The van der Waals surface area contributed by atoms with Crippen LogP contribution < -0.4 is 5.32 Å². The van der Waals surface area contributed by atoms with Crippen molar-refractivity contribution in [2.75, 3.05) is 5.32 Å². The third-order valence-corrected chi connectivity index (χ3v) is 2.80. The summed E-state index contributed by atoms with van der Waals surface area (Å²) < 4.78 is 13.2. The molecule has 0 radical (unpaired) electrons. The van der Waals surface area contributed by atoms with E-state index in [2.05, 4.69) is 5.32 Å². The minimum absolute atomic E-state index is 0.0240. The zero-order valence-electron chi connectivity index (χ0n) is 10.5. The van der Waals surface area contributed by atoms with Crippen LogP contribution in [0, 0.1) is 15.9 Å². The SMILES string of the molecule is O=[N+]([O-])c1cc(F)cc(NCc2ccc(CO)cc2)c1. The molecule has 0 spiro atoms. The largest absolute Gasteiger partial charge is 0.392 e. The first-order chi connectivity index (χ1) is 9.58. The molecule has 0 aromatic heterocycles. The van der Waals surface area contributed by atoms with E-state index < -0.39 is 10.7 Å². The fourth-order valence-electron chi connectivity index (χ4n) is 1.75. The summed E-state index contributed by atoms with van der Waals surface area (Å²) in [7, 11) is 0. The van der Waals surface area contributed by atoms with Crippen molar-refractivity contribution in [3.05, 3.63) is 69.5 Å². The third kappa shape index (κ3) is 3.52. The van der Waals surface area contributed by atoms with Crippen LogP contribution in [0.1, 0.15) is 11.1 Å². The second kappa shape index (κ2) is 6.12. The van der Waals surface area contributed by atoms with Crippen LogP contribution in [0.4, 0.5) is 15.8 Å². The molecule has 0 aliphatic heterocycles. The molecule has 2 rings (SSSR count). The highest BCUT2D eigenvalue weighted by atomic mass is 19.1. The quantitative estimate of drug-likeness (QED) is 0.650. The van der Waals surface area contributed by atoms with Gasteiger partial charge in [0.2, 0.25) is 0 Å². The molecule has 0 amide bonds. The van der Waals surface area contributed by atoms with Gasteiger partial charge >= 0.3 is 0 Å². The number of nitrogens with zero attached hydrogens (tertiary/aromatic N) is 1. The number of aliphatic hydroxyl groups excluding tert-OH is 1. The Labute approximate surface area is 114 Å².